The van der Waals surface area contributed by atoms with E-state index >= 15 is 0 Å². The monoisotopic (exact) mass is 1220 g/mol. The predicted octanol–water partition coefficient (Wildman–Crippen LogP) is 7.05. The van der Waals surface area contributed by atoms with Crippen molar-refractivity contribution in [2.45, 2.75) is 34.7 Å². The van der Waals surface area contributed by atoms with Gasteiger partial charge in [0.25, 0.3) is 5.91 Å². The summed E-state index contributed by atoms with van der Waals surface area (Å²) in [6, 6.07) is 27.1. The van der Waals surface area contributed by atoms with Crippen molar-refractivity contribution in [2.75, 3.05) is 133 Å². The van der Waals surface area contributed by atoms with Crippen molar-refractivity contribution in [3.63, 3.8) is 0 Å². The van der Waals surface area contributed by atoms with E-state index in [9.17, 15) is 26.4 Å². The third-order valence-electron chi connectivity index (χ3n) is 13.4. The van der Waals surface area contributed by atoms with Gasteiger partial charge in [-0.3, -0.25) is 9.59 Å². The van der Waals surface area contributed by atoms with Crippen molar-refractivity contribution < 1.29 is 54.8 Å². The zero-order valence-electron chi connectivity index (χ0n) is 44.7. The molecule has 0 saturated heterocycles. The number of benzene rings is 5. The number of halogens is 4. The Labute approximate surface area is 489 Å². The van der Waals surface area contributed by atoms with Crippen LogP contribution in [-0.2, 0) is 61.6 Å². The van der Waals surface area contributed by atoms with Crippen LogP contribution in [-0.4, -0.2) is 176 Å². The molecule has 434 valence electrons. The van der Waals surface area contributed by atoms with Gasteiger partial charge in [0.2, 0.25) is 26.0 Å². The molecule has 2 amide bonds. The molecular formula is C56H68Cl4N6O12S2. The van der Waals surface area contributed by atoms with Crippen molar-refractivity contribution in [3.8, 4) is 0 Å². The molecule has 80 heavy (non-hydrogen) atoms. The molecule has 0 bridgehead atoms. The molecule has 5 aromatic rings. The van der Waals surface area contributed by atoms with Crippen LogP contribution in [0.4, 0.5) is 0 Å². The fraction of sp³-hybridized carbons (Fsp3) is 0.429. The first-order chi connectivity index (χ1) is 38.4. The van der Waals surface area contributed by atoms with Gasteiger partial charge in [-0.2, -0.15) is 0 Å². The molecule has 0 aliphatic carbocycles. The Hall–Kier alpha value is -4.30. The molecule has 18 nitrogen and oxygen atoms in total. The molecule has 4 N–H and O–H groups in total. The summed E-state index contributed by atoms with van der Waals surface area (Å²) in [4.78, 5) is 31.3. The van der Waals surface area contributed by atoms with Gasteiger partial charge < -0.3 is 48.9 Å². The second-order valence-corrected chi connectivity index (χ2v) is 24.5. The number of carbonyl (C=O) groups excluding carboxylic acids is 2. The van der Waals surface area contributed by atoms with Crippen molar-refractivity contribution in [2.24, 2.45) is 5.73 Å². The lowest BCUT2D eigenvalue weighted by molar-refractivity contribution is 0.00389. The highest BCUT2D eigenvalue weighted by Gasteiger charge is 2.30. The standard InChI is InChI=1S/C56H68Cl4N6O12S2/c1-64-35-49(47-31-43(57)33-53(59)51(47)37-64)41-5-3-7-45(29-41)79(69,70)62-13-17-73-21-25-77-27-23-75-19-15-66(56(68)40-11-9-39(10-12-40)55(61)67)16-20-76-24-28-78-26-22-74-18-14-63-80(71,72)46-8-4-6-42(30-46)50-36-65(2)38-52-48(50)32-44(58)34-54(52)60/h3-12,29-34,49-50,62-63H,13-28,35-38H2,1-2H3,(H2,61,67). The van der Waals surface area contributed by atoms with Gasteiger partial charge in [-0.15, -0.1) is 0 Å². The number of nitrogens with two attached hydrogens (primary N) is 1. The molecule has 2 aliphatic heterocycles. The van der Waals surface area contributed by atoms with Crippen molar-refractivity contribution in [3.05, 3.63) is 162 Å². The van der Waals surface area contributed by atoms with E-state index < -0.39 is 26.0 Å². The second-order valence-electron chi connectivity index (χ2n) is 19.3. The highest BCUT2D eigenvalue weighted by Crippen LogP contribution is 2.40. The van der Waals surface area contributed by atoms with E-state index in [0.717, 1.165) is 33.4 Å². The third kappa shape index (κ3) is 18.3. The maximum Gasteiger partial charge on any atom is 0.254 e. The minimum absolute atomic E-state index is 0.0645. The highest BCUT2D eigenvalue weighted by molar-refractivity contribution is 7.89. The Kier molecular flexibility index (Phi) is 24.4. The first-order valence-electron chi connectivity index (χ1n) is 26.1. The van der Waals surface area contributed by atoms with E-state index in [4.69, 9.17) is 80.6 Å². The Morgan fingerprint density at radius 2 is 0.912 bits per heavy atom. The fourth-order valence-electron chi connectivity index (χ4n) is 9.43. The number of nitrogens with one attached hydrogen (secondary N) is 2. The van der Waals surface area contributed by atoms with Crippen LogP contribution in [0.3, 0.4) is 0 Å². The summed E-state index contributed by atoms with van der Waals surface area (Å²) in [6.07, 6.45) is 0. The molecule has 2 heterocycles. The van der Waals surface area contributed by atoms with Crippen molar-refractivity contribution in [1.29, 1.82) is 0 Å². The summed E-state index contributed by atoms with van der Waals surface area (Å²) in [5.74, 6) is -1.10. The van der Waals surface area contributed by atoms with Crippen LogP contribution in [0.25, 0.3) is 0 Å². The van der Waals surface area contributed by atoms with E-state index in [1.54, 1.807) is 65.6 Å². The molecule has 0 saturated carbocycles. The number of likely N-dealkylation sites (N-methyl/N-ethyl adjacent to an activating group) is 2. The molecule has 2 aliphatic rings. The number of nitrogens with zero attached hydrogens (tertiary/aromatic N) is 3. The molecule has 2 atom stereocenters. The zero-order chi connectivity index (χ0) is 57.2. The predicted molar refractivity (Wildman–Crippen MR) is 308 cm³/mol. The number of hydrogen-bond acceptors (Lipinski definition) is 14. The first kappa shape index (κ1) is 63.3. The van der Waals surface area contributed by atoms with Gasteiger partial charge in [0.1, 0.15) is 0 Å². The van der Waals surface area contributed by atoms with E-state index in [0.29, 0.717) is 51.8 Å². The van der Waals surface area contributed by atoms with E-state index in [2.05, 4.69) is 19.2 Å². The minimum Gasteiger partial charge on any atom is -0.378 e. The van der Waals surface area contributed by atoms with Crippen LogP contribution < -0.4 is 15.2 Å². The maximum atomic E-state index is 13.5. The van der Waals surface area contributed by atoms with Crippen LogP contribution >= 0.6 is 46.4 Å². The normalized spacial score (nSPS) is 15.9. The number of rotatable bonds is 32. The van der Waals surface area contributed by atoms with Crippen LogP contribution in [0.5, 0.6) is 0 Å². The summed E-state index contributed by atoms with van der Waals surface area (Å²) in [6.45, 7) is 6.02. The van der Waals surface area contributed by atoms with Gasteiger partial charge >= 0.3 is 0 Å². The number of carbonyl (C=O) groups is 2. The molecular weight excluding hydrogens is 1150 g/mol. The Balaban J connectivity index is 0.740. The van der Waals surface area contributed by atoms with Crippen LogP contribution in [0.2, 0.25) is 20.1 Å². The largest absolute Gasteiger partial charge is 0.378 e. The molecule has 0 aromatic heterocycles. The molecule has 24 heteroatoms. The second kappa shape index (κ2) is 30.8. The highest BCUT2D eigenvalue weighted by atomic mass is 35.5. The number of sulfonamides is 2. The average molecular weight is 1220 g/mol. The molecule has 7 rings (SSSR count). The number of fused-ring (bicyclic) bond motifs is 2. The van der Waals surface area contributed by atoms with Gasteiger partial charge in [0.05, 0.1) is 89.1 Å². The van der Waals surface area contributed by atoms with Crippen molar-refractivity contribution in [1.82, 2.24) is 24.1 Å². The summed E-state index contributed by atoms with van der Waals surface area (Å²) >= 11 is 25.8. The average Bonchev–Trinajstić information content (AvgIpc) is 3.53. The summed E-state index contributed by atoms with van der Waals surface area (Å²) in [5.41, 5.74) is 11.7. The van der Waals surface area contributed by atoms with Gasteiger partial charge in [-0.1, -0.05) is 70.7 Å². The lowest BCUT2D eigenvalue weighted by atomic mass is 9.85. The Morgan fingerprint density at radius 3 is 1.31 bits per heavy atom. The van der Waals surface area contributed by atoms with Gasteiger partial charge in [-0.25, -0.2) is 26.3 Å². The van der Waals surface area contributed by atoms with Crippen LogP contribution in [0.1, 0.15) is 65.9 Å². The number of hydrogen-bond donors (Lipinski definition) is 3. The fourth-order valence-corrected chi connectivity index (χ4v) is 12.7. The van der Waals surface area contributed by atoms with Crippen LogP contribution in [0.15, 0.2) is 107 Å². The summed E-state index contributed by atoms with van der Waals surface area (Å²) in [7, 11) is -3.65. The zero-order valence-corrected chi connectivity index (χ0v) is 49.3. The van der Waals surface area contributed by atoms with E-state index in [1.165, 1.54) is 12.1 Å². The van der Waals surface area contributed by atoms with Gasteiger partial charge in [0, 0.05) is 95.4 Å². The summed E-state index contributed by atoms with van der Waals surface area (Å²) < 4.78 is 92.2. The Bertz CT molecular complexity index is 2940. The Morgan fingerprint density at radius 1 is 0.537 bits per heavy atom. The van der Waals surface area contributed by atoms with Gasteiger partial charge in [-0.05, 0) is 120 Å². The summed E-state index contributed by atoms with van der Waals surface area (Å²) in [5, 5.41) is 2.24. The number of primary amides is 1. The minimum atomic E-state index is -3.82. The molecule has 2 unspecified atom stereocenters. The first-order valence-corrected chi connectivity index (χ1v) is 30.6. The molecule has 0 fully saturated rings. The molecule has 5 aromatic carbocycles. The molecule has 0 radical (unpaired) electrons. The smallest absolute Gasteiger partial charge is 0.254 e. The lowest BCUT2D eigenvalue weighted by Gasteiger charge is -2.33. The van der Waals surface area contributed by atoms with Gasteiger partial charge in [0.15, 0.2) is 0 Å². The number of amides is 2. The quantitative estimate of drug-likeness (QED) is 0.0368. The topological polar surface area (TPSA) is 218 Å². The third-order valence-corrected chi connectivity index (χ3v) is 17.4. The number of ether oxygens (including phenoxy) is 6. The van der Waals surface area contributed by atoms with Crippen LogP contribution in [0, 0.1) is 0 Å². The SMILES string of the molecule is CN1Cc2c(Cl)cc(Cl)cc2C(c2cccc(S(=O)(=O)NCCOCCOCCOCCN(CCOCCOCCOCCNS(=O)(=O)c3cccc(C4CN(C)Cc5c(Cl)cc(Cl)cc54)c3)C(=O)c3ccc(C(N)=O)cc3)c2)C1. The van der Waals surface area contributed by atoms with E-state index in [1.807, 2.05) is 38.4 Å². The van der Waals surface area contributed by atoms with Crippen molar-refractivity contribution >= 4 is 78.3 Å². The maximum absolute atomic E-state index is 13.5. The molecule has 0 spiro atoms. The lowest BCUT2D eigenvalue weighted by Crippen LogP contribution is -2.37. The van der Waals surface area contributed by atoms with E-state index in [-0.39, 0.29) is 139 Å².